The Bertz CT molecular complexity index is 540. The fraction of sp³-hybridized carbons (Fsp3) is 0.600. The van der Waals surface area contributed by atoms with Gasteiger partial charge in [0.2, 0.25) is 0 Å². The van der Waals surface area contributed by atoms with Gasteiger partial charge < -0.3 is 9.47 Å². The summed E-state index contributed by atoms with van der Waals surface area (Å²) in [7, 11) is 0. The van der Waals surface area contributed by atoms with Crippen molar-refractivity contribution in [2.45, 2.75) is 64.9 Å². The van der Waals surface area contributed by atoms with E-state index in [0.29, 0.717) is 12.2 Å². The van der Waals surface area contributed by atoms with E-state index < -0.39 is 5.41 Å². The number of carbonyl (C=O) groups excluding carboxylic acids is 2. The van der Waals surface area contributed by atoms with Crippen LogP contribution < -0.4 is 0 Å². The van der Waals surface area contributed by atoms with Crippen LogP contribution in [0.5, 0.6) is 0 Å². The molecule has 0 aromatic heterocycles. The van der Waals surface area contributed by atoms with Crippen LogP contribution in [0, 0.1) is 5.41 Å². The Morgan fingerprint density at radius 1 is 1.17 bits per heavy atom. The molecule has 0 spiro atoms. The molecule has 0 amide bonds. The molecule has 4 heteroatoms. The molecule has 1 aromatic carbocycles. The van der Waals surface area contributed by atoms with Gasteiger partial charge in [-0.3, -0.25) is 4.79 Å². The third-order valence-corrected chi connectivity index (χ3v) is 4.87. The average Bonchev–Trinajstić information content (AvgIpc) is 3.00. The first-order valence-corrected chi connectivity index (χ1v) is 9.07. The summed E-state index contributed by atoms with van der Waals surface area (Å²) in [5.74, 6) is -0.559. The van der Waals surface area contributed by atoms with E-state index in [0.717, 1.165) is 44.9 Å². The first-order chi connectivity index (χ1) is 11.6. The lowest BCUT2D eigenvalue weighted by molar-refractivity contribution is -0.162. The van der Waals surface area contributed by atoms with E-state index in [1.165, 1.54) is 0 Å². The molecule has 1 aromatic rings. The molecule has 0 bridgehead atoms. The van der Waals surface area contributed by atoms with Crippen molar-refractivity contribution in [1.82, 2.24) is 0 Å². The highest BCUT2D eigenvalue weighted by molar-refractivity contribution is 5.90. The van der Waals surface area contributed by atoms with E-state index in [1.807, 2.05) is 25.1 Å². The molecule has 0 radical (unpaired) electrons. The third kappa shape index (κ3) is 4.16. The van der Waals surface area contributed by atoms with Crippen molar-refractivity contribution in [2.24, 2.45) is 5.41 Å². The summed E-state index contributed by atoms with van der Waals surface area (Å²) in [6.45, 7) is 4.31. The fourth-order valence-corrected chi connectivity index (χ4v) is 3.57. The Kier molecular flexibility index (Phi) is 6.83. The van der Waals surface area contributed by atoms with Crippen LogP contribution in [0.2, 0.25) is 0 Å². The van der Waals surface area contributed by atoms with Crippen LogP contribution >= 0.6 is 0 Å². The van der Waals surface area contributed by atoms with Gasteiger partial charge in [-0.25, -0.2) is 4.79 Å². The molecule has 1 saturated carbocycles. The smallest absolute Gasteiger partial charge is 0.338 e. The number of benzene rings is 1. The van der Waals surface area contributed by atoms with Gasteiger partial charge in [-0.2, -0.15) is 0 Å². The SMILES string of the molecule is CCCCCC1(C(=O)OCC)CCCC1OC(=O)c1ccccc1. The Labute approximate surface area is 144 Å². The fourth-order valence-electron chi connectivity index (χ4n) is 3.57. The van der Waals surface area contributed by atoms with Gasteiger partial charge in [0, 0.05) is 0 Å². The molecule has 132 valence electrons. The molecule has 4 nitrogen and oxygen atoms in total. The highest BCUT2D eigenvalue weighted by atomic mass is 16.6. The molecule has 2 unspecified atom stereocenters. The molecular weight excluding hydrogens is 304 g/mol. The lowest BCUT2D eigenvalue weighted by atomic mass is 9.79. The summed E-state index contributed by atoms with van der Waals surface area (Å²) in [4.78, 5) is 25.1. The van der Waals surface area contributed by atoms with Crippen LogP contribution in [0.15, 0.2) is 30.3 Å². The van der Waals surface area contributed by atoms with Crippen molar-refractivity contribution in [1.29, 1.82) is 0 Å². The van der Waals surface area contributed by atoms with Crippen LogP contribution in [-0.4, -0.2) is 24.6 Å². The minimum absolute atomic E-state index is 0.204. The van der Waals surface area contributed by atoms with Crippen molar-refractivity contribution in [3.63, 3.8) is 0 Å². The van der Waals surface area contributed by atoms with Crippen LogP contribution in [-0.2, 0) is 14.3 Å². The Balaban J connectivity index is 2.15. The van der Waals surface area contributed by atoms with Crippen LogP contribution in [0.25, 0.3) is 0 Å². The van der Waals surface area contributed by atoms with E-state index in [-0.39, 0.29) is 18.0 Å². The number of hydrogen-bond acceptors (Lipinski definition) is 4. The monoisotopic (exact) mass is 332 g/mol. The van der Waals surface area contributed by atoms with Gasteiger partial charge >= 0.3 is 11.9 Å². The van der Waals surface area contributed by atoms with E-state index in [9.17, 15) is 9.59 Å². The van der Waals surface area contributed by atoms with Crippen LogP contribution in [0.4, 0.5) is 0 Å². The topological polar surface area (TPSA) is 52.6 Å². The first kappa shape index (κ1) is 18.5. The number of carbonyl (C=O) groups is 2. The summed E-state index contributed by atoms with van der Waals surface area (Å²) in [6, 6.07) is 8.96. The van der Waals surface area contributed by atoms with E-state index in [2.05, 4.69) is 6.92 Å². The van der Waals surface area contributed by atoms with Crippen molar-refractivity contribution >= 4 is 11.9 Å². The van der Waals surface area contributed by atoms with E-state index in [4.69, 9.17) is 9.47 Å². The summed E-state index contributed by atoms with van der Waals surface area (Å²) in [5.41, 5.74) is -0.147. The van der Waals surface area contributed by atoms with Gasteiger partial charge in [0.05, 0.1) is 12.2 Å². The molecular formula is C20H28O4. The van der Waals surface area contributed by atoms with Crippen LogP contribution in [0.3, 0.4) is 0 Å². The lowest BCUT2D eigenvalue weighted by Gasteiger charge is -2.32. The summed E-state index contributed by atoms with van der Waals surface area (Å²) < 4.78 is 11.1. The van der Waals surface area contributed by atoms with E-state index >= 15 is 0 Å². The minimum atomic E-state index is -0.671. The second-order valence-corrected chi connectivity index (χ2v) is 6.49. The molecule has 24 heavy (non-hydrogen) atoms. The van der Waals surface area contributed by atoms with Crippen molar-refractivity contribution in [3.05, 3.63) is 35.9 Å². The minimum Gasteiger partial charge on any atom is -0.465 e. The molecule has 0 saturated heterocycles. The number of hydrogen-bond donors (Lipinski definition) is 0. The van der Waals surface area contributed by atoms with Crippen LogP contribution in [0.1, 0.15) is 69.2 Å². The molecule has 0 heterocycles. The predicted molar refractivity (Wildman–Crippen MR) is 92.7 cm³/mol. The number of ether oxygens (including phenoxy) is 2. The zero-order valence-corrected chi connectivity index (χ0v) is 14.8. The Morgan fingerprint density at radius 3 is 2.58 bits per heavy atom. The number of esters is 2. The highest BCUT2D eigenvalue weighted by Crippen LogP contribution is 2.45. The maximum atomic E-state index is 12.7. The predicted octanol–water partition coefficient (Wildman–Crippen LogP) is 4.53. The van der Waals surface area contributed by atoms with Gasteiger partial charge in [0.25, 0.3) is 0 Å². The van der Waals surface area contributed by atoms with Gasteiger partial charge in [0.15, 0.2) is 0 Å². The normalized spacial score (nSPS) is 23.0. The average molecular weight is 332 g/mol. The lowest BCUT2D eigenvalue weighted by Crippen LogP contribution is -2.42. The van der Waals surface area contributed by atoms with Crippen molar-refractivity contribution < 1.29 is 19.1 Å². The maximum absolute atomic E-state index is 12.7. The second-order valence-electron chi connectivity index (χ2n) is 6.49. The first-order valence-electron chi connectivity index (χ1n) is 9.07. The molecule has 1 aliphatic rings. The van der Waals surface area contributed by atoms with Crippen molar-refractivity contribution in [3.8, 4) is 0 Å². The molecule has 0 N–H and O–H groups in total. The quantitative estimate of drug-likeness (QED) is 0.518. The zero-order chi connectivity index (χ0) is 17.4. The van der Waals surface area contributed by atoms with Gasteiger partial charge in [-0.15, -0.1) is 0 Å². The molecule has 2 rings (SSSR count). The molecule has 2 atom stereocenters. The second kappa shape index (κ2) is 8.86. The summed E-state index contributed by atoms with van der Waals surface area (Å²) in [5, 5.41) is 0. The number of rotatable bonds is 8. The molecule has 0 aliphatic heterocycles. The molecule has 1 aliphatic carbocycles. The Morgan fingerprint density at radius 2 is 1.92 bits per heavy atom. The zero-order valence-electron chi connectivity index (χ0n) is 14.8. The third-order valence-electron chi connectivity index (χ3n) is 4.87. The summed E-state index contributed by atoms with van der Waals surface area (Å²) >= 11 is 0. The molecule has 1 fully saturated rings. The van der Waals surface area contributed by atoms with E-state index in [1.54, 1.807) is 12.1 Å². The highest BCUT2D eigenvalue weighted by Gasteiger charge is 2.51. The maximum Gasteiger partial charge on any atom is 0.338 e. The number of unbranched alkanes of at least 4 members (excludes halogenated alkanes) is 2. The van der Waals surface area contributed by atoms with Gasteiger partial charge in [-0.05, 0) is 44.7 Å². The summed E-state index contributed by atoms with van der Waals surface area (Å²) in [6.07, 6.45) is 5.81. The Hall–Kier alpha value is -1.84. The van der Waals surface area contributed by atoms with Gasteiger partial charge in [-0.1, -0.05) is 44.4 Å². The van der Waals surface area contributed by atoms with Crippen molar-refractivity contribution in [2.75, 3.05) is 6.61 Å². The largest absolute Gasteiger partial charge is 0.465 e. The standard InChI is InChI=1S/C20H28O4/c1-3-5-9-14-20(19(22)23-4-2)15-10-13-17(20)24-18(21)16-11-7-6-8-12-16/h6-8,11-12,17H,3-5,9-10,13-15H2,1-2H3. The van der Waals surface area contributed by atoms with Gasteiger partial charge in [0.1, 0.15) is 11.5 Å².